The summed E-state index contributed by atoms with van der Waals surface area (Å²) in [6.07, 6.45) is 0. The highest BCUT2D eigenvalue weighted by Crippen LogP contribution is 2.06. The van der Waals surface area contributed by atoms with E-state index in [1.807, 2.05) is 0 Å². The van der Waals surface area contributed by atoms with Gasteiger partial charge in [-0.2, -0.15) is 0 Å². The van der Waals surface area contributed by atoms with Gasteiger partial charge in [-0.1, -0.05) is 5.92 Å². The van der Waals surface area contributed by atoms with Gasteiger partial charge in [0.05, 0.1) is 13.7 Å². The summed E-state index contributed by atoms with van der Waals surface area (Å²) in [6, 6.07) is 1.74. The van der Waals surface area contributed by atoms with E-state index in [0.717, 1.165) is 0 Å². The summed E-state index contributed by atoms with van der Waals surface area (Å²) in [4.78, 5) is 19.2. The van der Waals surface area contributed by atoms with Gasteiger partial charge < -0.3 is 10.1 Å². The van der Waals surface area contributed by atoms with E-state index in [-0.39, 0.29) is 5.82 Å². The van der Waals surface area contributed by atoms with Crippen LogP contribution in [0.1, 0.15) is 23.2 Å². The topological polar surface area (TPSA) is 64.1 Å². The average Bonchev–Trinajstić information content (AvgIpc) is 2.27. The maximum absolute atomic E-state index is 11.2. The Bertz CT molecular complexity index is 446. The second-order valence-electron chi connectivity index (χ2n) is 2.99. The normalized spacial score (nSPS) is 8.94. The van der Waals surface area contributed by atoms with Gasteiger partial charge in [0.1, 0.15) is 5.82 Å². The van der Waals surface area contributed by atoms with E-state index in [4.69, 9.17) is 0 Å². The summed E-state index contributed by atoms with van der Waals surface area (Å²) >= 11 is 0. The molecule has 1 aromatic rings. The molecule has 0 amide bonds. The van der Waals surface area contributed by atoms with Gasteiger partial charge in [0.2, 0.25) is 5.82 Å². The number of anilines is 1. The lowest BCUT2D eigenvalue weighted by atomic mass is 10.4. The second kappa shape index (κ2) is 5.71. The van der Waals surface area contributed by atoms with Gasteiger partial charge in [-0.05, 0) is 13.8 Å². The van der Waals surface area contributed by atoms with E-state index in [0.29, 0.717) is 18.1 Å². The van der Waals surface area contributed by atoms with Crippen molar-refractivity contribution in [3.8, 4) is 11.8 Å². The van der Waals surface area contributed by atoms with Crippen LogP contribution in [0.2, 0.25) is 0 Å². The van der Waals surface area contributed by atoms with E-state index in [1.54, 1.807) is 19.9 Å². The van der Waals surface area contributed by atoms with E-state index < -0.39 is 5.97 Å². The Balaban J connectivity index is 2.88. The van der Waals surface area contributed by atoms with Crippen LogP contribution in [0.5, 0.6) is 0 Å². The van der Waals surface area contributed by atoms with Gasteiger partial charge in [-0.3, -0.25) is 0 Å². The van der Waals surface area contributed by atoms with Gasteiger partial charge in [0.25, 0.3) is 0 Å². The number of ether oxygens (including phenoxy) is 1. The van der Waals surface area contributed by atoms with Gasteiger partial charge in [0, 0.05) is 11.8 Å². The Hall–Kier alpha value is -2.09. The van der Waals surface area contributed by atoms with Crippen molar-refractivity contribution in [1.29, 1.82) is 0 Å². The molecule has 5 nitrogen and oxygen atoms in total. The lowest BCUT2D eigenvalue weighted by Crippen LogP contribution is -2.11. The number of aryl methyl sites for hydroxylation is 1. The summed E-state index contributed by atoms with van der Waals surface area (Å²) in [5, 5.41) is 2.97. The molecule has 0 radical (unpaired) electrons. The fourth-order valence-corrected chi connectivity index (χ4v) is 1.06. The first-order valence-corrected chi connectivity index (χ1v) is 4.75. The molecule has 84 valence electrons. The molecule has 0 aliphatic carbocycles. The maximum Gasteiger partial charge on any atom is 0.376 e. The number of methoxy groups -OCH3 is 1. The molecule has 0 spiro atoms. The summed E-state index contributed by atoms with van der Waals surface area (Å²) in [7, 11) is 1.30. The molecule has 1 N–H and O–H groups in total. The quantitative estimate of drug-likeness (QED) is 0.607. The smallest absolute Gasteiger partial charge is 0.376 e. The van der Waals surface area contributed by atoms with Crippen LogP contribution in [0, 0.1) is 18.8 Å². The number of aromatic nitrogens is 2. The molecule has 0 fully saturated rings. The highest BCUT2D eigenvalue weighted by molar-refractivity contribution is 5.85. The van der Waals surface area contributed by atoms with Crippen LogP contribution in [0.25, 0.3) is 0 Å². The number of hydrogen-bond donors (Lipinski definition) is 1. The maximum atomic E-state index is 11.2. The van der Waals surface area contributed by atoms with Crippen LogP contribution < -0.4 is 5.32 Å². The Morgan fingerprint density at radius 3 is 2.94 bits per heavy atom. The predicted octanol–water partition coefficient (Wildman–Crippen LogP) is 1.01. The first-order chi connectivity index (χ1) is 7.67. The molecule has 1 rings (SSSR count). The zero-order valence-electron chi connectivity index (χ0n) is 9.50. The molecule has 0 saturated carbocycles. The van der Waals surface area contributed by atoms with Crippen LogP contribution in [0.15, 0.2) is 6.07 Å². The number of nitrogens with one attached hydrogen (secondary N) is 1. The predicted molar refractivity (Wildman–Crippen MR) is 60.0 cm³/mol. The Labute approximate surface area is 94.2 Å². The highest BCUT2D eigenvalue weighted by atomic mass is 16.5. The number of esters is 1. The lowest BCUT2D eigenvalue weighted by molar-refractivity contribution is 0.0586. The van der Waals surface area contributed by atoms with Crippen molar-refractivity contribution in [1.82, 2.24) is 9.97 Å². The summed E-state index contributed by atoms with van der Waals surface area (Å²) < 4.78 is 4.55. The molecular formula is C11H13N3O2. The minimum absolute atomic E-state index is 0.0504. The van der Waals surface area contributed by atoms with Gasteiger partial charge in [-0.15, -0.1) is 5.92 Å². The average molecular weight is 219 g/mol. The van der Waals surface area contributed by atoms with E-state index >= 15 is 0 Å². The molecule has 16 heavy (non-hydrogen) atoms. The Morgan fingerprint density at radius 2 is 2.31 bits per heavy atom. The third-order valence-electron chi connectivity index (χ3n) is 1.76. The third-order valence-corrected chi connectivity index (χ3v) is 1.76. The molecule has 0 aromatic carbocycles. The first kappa shape index (κ1) is 12.0. The summed E-state index contributed by atoms with van der Waals surface area (Å²) in [5.74, 6) is 5.66. The Kier molecular flexibility index (Phi) is 4.28. The van der Waals surface area contributed by atoms with Gasteiger partial charge >= 0.3 is 5.97 Å². The van der Waals surface area contributed by atoms with Crippen molar-refractivity contribution in [3.05, 3.63) is 17.6 Å². The first-order valence-electron chi connectivity index (χ1n) is 4.75. The number of carbonyl (C=O) groups is 1. The molecule has 5 heteroatoms. The minimum Gasteiger partial charge on any atom is -0.463 e. The van der Waals surface area contributed by atoms with Crippen molar-refractivity contribution < 1.29 is 9.53 Å². The van der Waals surface area contributed by atoms with E-state index in [9.17, 15) is 4.79 Å². The lowest BCUT2D eigenvalue weighted by Gasteiger charge is -2.04. The zero-order chi connectivity index (χ0) is 12.0. The number of carbonyl (C=O) groups excluding carboxylic acids is 1. The second-order valence-corrected chi connectivity index (χ2v) is 2.99. The minimum atomic E-state index is -0.548. The highest BCUT2D eigenvalue weighted by Gasteiger charge is 2.10. The van der Waals surface area contributed by atoms with Crippen LogP contribution in [-0.2, 0) is 4.74 Å². The van der Waals surface area contributed by atoms with Crippen molar-refractivity contribution in [2.24, 2.45) is 0 Å². The van der Waals surface area contributed by atoms with Crippen LogP contribution in [0.4, 0.5) is 5.82 Å². The molecule has 0 aliphatic rings. The fourth-order valence-electron chi connectivity index (χ4n) is 1.06. The van der Waals surface area contributed by atoms with Crippen molar-refractivity contribution in [2.45, 2.75) is 13.8 Å². The fraction of sp³-hybridized carbons (Fsp3) is 0.364. The SMILES string of the molecule is CC#CCNc1cc(C)nc(C(=O)OC)n1. The Morgan fingerprint density at radius 1 is 1.56 bits per heavy atom. The van der Waals surface area contributed by atoms with Gasteiger partial charge in [0.15, 0.2) is 0 Å². The number of nitrogens with zero attached hydrogens (tertiary/aromatic N) is 2. The van der Waals surface area contributed by atoms with Crippen molar-refractivity contribution >= 4 is 11.8 Å². The van der Waals surface area contributed by atoms with Gasteiger partial charge in [-0.25, -0.2) is 14.8 Å². The van der Waals surface area contributed by atoms with E-state index in [1.165, 1.54) is 7.11 Å². The molecular weight excluding hydrogens is 206 g/mol. The van der Waals surface area contributed by atoms with Crippen LogP contribution in [0.3, 0.4) is 0 Å². The molecule has 1 heterocycles. The molecule has 0 atom stereocenters. The number of hydrogen-bond acceptors (Lipinski definition) is 5. The summed E-state index contributed by atoms with van der Waals surface area (Å²) in [6.45, 7) is 4.02. The molecule has 0 aliphatic heterocycles. The van der Waals surface area contributed by atoms with Crippen molar-refractivity contribution in [2.75, 3.05) is 19.0 Å². The number of rotatable bonds is 3. The monoisotopic (exact) mass is 219 g/mol. The largest absolute Gasteiger partial charge is 0.463 e. The molecule has 0 saturated heterocycles. The molecule has 1 aromatic heterocycles. The van der Waals surface area contributed by atoms with Crippen LogP contribution in [-0.4, -0.2) is 29.6 Å². The van der Waals surface area contributed by atoms with E-state index in [2.05, 4.69) is 31.9 Å². The standard InChI is InChI=1S/C11H13N3O2/c1-4-5-6-12-9-7-8(2)13-10(14-9)11(15)16-3/h7H,6H2,1-3H3,(H,12,13,14). The van der Waals surface area contributed by atoms with Crippen molar-refractivity contribution in [3.63, 3.8) is 0 Å². The zero-order valence-corrected chi connectivity index (χ0v) is 9.50. The third kappa shape index (κ3) is 3.24. The van der Waals surface area contributed by atoms with Crippen LogP contribution >= 0.6 is 0 Å². The molecule has 0 unspecified atom stereocenters. The molecule has 0 bridgehead atoms. The summed E-state index contributed by atoms with van der Waals surface area (Å²) in [5.41, 5.74) is 0.697.